The molecule has 0 radical (unpaired) electrons. The molecule has 1 rings (SSSR count). The molecular formula is C15H21NOS. The molecule has 18 heavy (non-hydrogen) atoms. The molecule has 0 aliphatic heterocycles. The van der Waals surface area contributed by atoms with E-state index in [1.807, 2.05) is 26.0 Å². The largest absolute Gasteiger partial charge is 0.493 e. The summed E-state index contributed by atoms with van der Waals surface area (Å²) >= 11 is 4.24. The van der Waals surface area contributed by atoms with Gasteiger partial charge in [-0.15, -0.1) is 0 Å². The number of hydrogen-bond donors (Lipinski definition) is 1. The van der Waals surface area contributed by atoms with Crippen LogP contribution in [0, 0.1) is 31.1 Å². The Morgan fingerprint density at radius 1 is 1.28 bits per heavy atom. The molecule has 2 nitrogen and oxygen atoms in total. The molecule has 0 amide bonds. The molecule has 0 spiro atoms. The van der Waals surface area contributed by atoms with Crippen LogP contribution in [0.4, 0.5) is 0 Å². The number of ether oxygens (including phenoxy) is 1. The van der Waals surface area contributed by atoms with Crippen molar-refractivity contribution in [2.75, 3.05) is 12.4 Å². The van der Waals surface area contributed by atoms with Crippen molar-refractivity contribution >= 4 is 12.6 Å². The standard InChI is InChI=1S/C15H21NOS/c1-11(5-7-18)4-6-17-15-12(2)8-14(10-16)9-13(15)3/h8-9,11,18H,4-7H2,1-3H3. The lowest BCUT2D eigenvalue weighted by Gasteiger charge is -2.14. The Balaban J connectivity index is 2.60. The van der Waals surface area contributed by atoms with Crippen LogP contribution in [0.5, 0.6) is 5.75 Å². The normalized spacial score (nSPS) is 11.9. The van der Waals surface area contributed by atoms with Crippen LogP contribution in [0.2, 0.25) is 0 Å². The first-order chi connectivity index (χ1) is 8.58. The second-order valence-electron chi connectivity index (χ2n) is 4.81. The highest BCUT2D eigenvalue weighted by molar-refractivity contribution is 7.80. The van der Waals surface area contributed by atoms with E-state index >= 15 is 0 Å². The molecule has 98 valence electrons. The topological polar surface area (TPSA) is 33.0 Å². The maximum atomic E-state index is 8.89. The predicted octanol–water partition coefficient (Wildman–Crippen LogP) is 3.90. The number of benzene rings is 1. The molecule has 1 aromatic carbocycles. The van der Waals surface area contributed by atoms with E-state index in [4.69, 9.17) is 10.00 Å². The van der Waals surface area contributed by atoms with Crippen LogP contribution in [-0.2, 0) is 0 Å². The summed E-state index contributed by atoms with van der Waals surface area (Å²) in [6.45, 7) is 6.92. The van der Waals surface area contributed by atoms with E-state index in [2.05, 4.69) is 25.6 Å². The maximum absolute atomic E-state index is 8.89. The summed E-state index contributed by atoms with van der Waals surface area (Å²) in [6.07, 6.45) is 2.16. The van der Waals surface area contributed by atoms with Gasteiger partial charge in [0.15, 0.2) is 0 Å². The molecule has 0 bridgehead atoms. The molecule has 0 aliphatic rings. The van der Waals surface area contributed by atoms with E-state index in [9.17, 15) is 0 Å². The maximum Gasteiger partial charge on any atom is 0.125 e. The minimum atomic E-state index is 0.640. The number of nitrogens with zero attached hydrogens (tertiary/aromatic N) is 1. The second kappa shape index (κ2) is 7.33. The monoisotopic (exact) mass is 263 g/mol. The highest BCUT2D eigenvalue weighted by atomic mass is 32.1. The fraction of sp³-hybridized carbons (Fsp3) is 0.533. The van der Waals surface area contributed by atoms with E-state index in [1.54, 1.807) is 0 Å². The number of rotatable bonds is 6. The van der Waals surface area contributed by atoms with Crippen molar-refractivity contribution in [3.05, 3.63) is 28.8 Å². The SMILES string of the molecule is Cc1cc(C#N)cc(C)c1OCCC(C)CCS. The minimum absolute atomic E-state index is 0.640. The van der Waals surface area contributed by atoms with E-state index in [0.29, 0.717) is 11.5 Å². The molecular weight excluding hydrogens is 242 g/mol. The fourth-order valence-corrected chi connectivity index (χ4v) is 2.41. The summed E-state index contributed by atoms with van der Waals surface area (Å²) in [6, 6.07) is 5.91. The van der Waals surface area contributed by atoms with Crippen molar-refractivity contribution < 1.29 is 4.74 Å². The van der Waals surface area contributed by atoms with Gasteiger partial charge in [-0.05, 0) is 61.6 Å². The van der Waals surface area contributed by atoms with Crippen molar-refractivity contribution in [1.82, 2.24) is 0 Å². The van der Waals surface area contributed by atoms with E-state index in [1.165, 1.54) is 0 Å². The number of aryl methyl sites for hydroxylation is 2. The van der Waals surface area contributed by atoms with Crippen molar-refractivity contribution in [2.45, 2.75) is 33.6 Å². The third-order valence-electron chi connectivity index (χ3n) is 3.07. The molecule has 1 atom stereocenters. The van der Waals surface area contributed by atoms with Crippen molar-refractivity contribution in [2.24, 2.45) is 5.92 Å². The lowest BCUT2D eigenvalue weighted by Crippen LogP contribution is -2.06. The zero-order valence-electron chi connectivity index (χ0n) is 11.4. The first kappa shape index (κ1) is 14.9. The quantitative estimate of drug-likeness (QED) is 0.790. The average Bonchev–Trinajstić information content (AvgIpc) is 2.32. The zero-order valence-corrected chi connectivity index (χ0v) is 12.3. The van der Waals surface area contributed by atoms with Crippen LogP contribution >= 0.6 is 12.6 Å². The van der Waals surface area contributed by atoms with Gasteiger partial charge >= 0.3 is 0 Å². The molecule has 1 aromatic rings. The van der Waals surface area contributed by atoms with Crippen molar-refractivity contribution in [1.29, 1.82) is 5.26 Å². The molecule has 0 fully saturated rings. The summed E-state index contributed by atoms with van der Waals surface area (Å²) in [5.41, 5.74) is 2.77. The van der Waals surface area contributed by atoms with Gasteiger partial charge in [0.25, 0.3) is 0 Å². The summed E-state index contributed by atoms with van der Waals surface area (Å²) < 4.78 is 5.85. The van der Waals surface area contributed by atoms with Gasteiger partial charge in [-0.25, -0.2) is 0 Å². The van der Waals surface area contributed by atoms with E-state index < -0.39 is 0 Å². The lowest BCUT2D eigenvalue weighted by atomic mass is 10.1. The Hall–Kier alpha value is -1.14. The molecule has 0 N–H and O–H groups in total. The second-order valence-corrected chi connectivity index (χ2v) is 5.25. The summed E-state index contributed by atoms with van der Waals surface area (Å²) in [7, 11) is 0. The Morgan fingerprint density at radius 2 is 1.89 bits per heavy atom. The van der Waals surface area contributed by atoms with Gasteiger partial charge in [-0.3, -0.25) is 0 Å². The molecule has 0 aromatic heterocycles. The summed E-state index contributed by atoms with van der Waals surface area (Å²) in [5, 5.41) is 8.89. The van der Waals surface area contributed by atoms with Gasteiger partial charge in [0, 0.05) is 0 Å². The number of hydrogen-bond acceptors (Lipinski definition) is 3. The van der Waals surface area contributed by atoms with Crippen LogP contribution in [0.1, 0.15) is 36.5 Å². The Kier molecular flexibility index (Phi) is 6.07. The highest BCUT2D eigenvalue weighted by Crippen LogP contribution is 2.25. The summed E-state index contributed by atoms with van der Waals surface area (Å²) in [5.74, 6) is 2.49. The first-order valence-electron chi connectivity index (χ1n) is 6.33. The Labute approximate surface area is 115 Å². The Morgan fingerprint density at radius 3 is 2.39 bits per heavy atom. The van der Waals surface area contributed by atoms with Gasteiger partial charge in [-0.1, -0.05) is 6.92 Å². The number of nitriles is 1. The molecule has 0 saturated heterocycles. The van der Waals surface area contributed by atoms with Crippen LogP contribution in [0.15, 0.2) is 12.1 Å². The Bertz CT molecular complexity index is 414. The van der Waals surface area contributed by atoms with Crippen molar-refractivity contribution in [3.63, 3.8) is 0 Å². The van der Waals surface area contributed by atoms with Gasteiger partial charge < -0.3 is 4.74 Å². The van der Waals surface area contributed by atoms with Crippen LogP contribution in [0.3, 0.4) is 0 Å². The van der Waals surface area contributed by atoms with Crippen LogP contribution in [0.25, 0.3) is 0 Å². The van der Waals surface area contributed by atoms with E-state index in [-0.39, 0.29) is 0 Å². The average molecular weight is 263 g/mol. The molecule has 0 aliphatic carbocycles. The molecule has 0 saturated carbocycles. The molecule has 1 unspecified atom stereocenters. The third-order valence-corrected chi connectivity index (χ3v) is 3.33. The lowest BCUT2D eigenvalue weighted by molar-refractivity contribution is 0.279. The van der Waals surface area contributed by atoms with Gasteiger partial charge in [-0.2, -0.15) is 17.9 Å². The minimum Gasteiger partial charge on any atom is -0.493 e. The molecule has 3 heteroatoms. The van der Waals surface area contributed by atoms with E-state index in [0.717, 1.165) is 42.1 Å². The number of thiol groups is 1. The van der Waals surface area contributed by atoms with Gasteiger partial charge in [0.05, 0.1) is 18.2 Å². The van der Waals surface area contributed by atoms with Gasteiger partial charge in [0.2, 0.25) is 0 Å². The van der Waals surface area contributed by atoms with Crippen LogP contribution < -0.4 is 4.74 Å². The van der Waals surface area contributed by atoms with Crippen molar-refractivity contribution in [3.8, 4) is 11.8 Å². The zero-order chi connectivity index (χ0) is 13.5. The first-order valence-corrected chi connectivity index (χ1v) is 6.96. The smallest absolute Gasteiger partial charge is 0.125 e. The fourth-order valence-electron chi connectivity index (χ4n) is 1.97. The summed E-state index contributed by atoms with van der Waals surface area (Å²) in [4.78, 5) is 0. The predicted molar refractivity (Wildman–Crippen MR) is 78.4 cm³/mol. The van der Waals surface area contributed by atoms with Gasteiger partial charge in [0.1, 0.15) is 5.75 Å². The third kappa shape index (κ3) is 4.27. The highest BCUT2D eigenvalue weighted by Gasteiger charge is 2.07. The molecule has 0 heterocycles. The van der Waals surface area contributed by atoms with Crippen LogP contribution in [-0.4, -0.2) is 12.4 Å².